The zero-order valence-corrected chi connectivity index (χ0v) is 21.5. The molecule has 11 heteroatoms. The predicted molar refractivity (Wildman–Crippen MR) is 143 cm³/mol. The van der Waals surface area contributed by atoms with Crippen LogP contribution in [0.4, 0.5) is 5.69 Å². The van der Waals surface area contributed by atoms with Crippen LogP contribution in [0.1, 0.15) is 35.7 Å². The highest BCUT2D eigenvalue weighted by molar-refractivity contribution is 6.32. The van der Waals surface area contributed by atoms with Gasteiger partial charge < -0.3 is 16.0 Å². The second-order valence-corrected chi connectivity index (χ2v) is 10.2. The summed E-state index contributed by atoms with van der Waals surface area (Å²) in [7, 11) is 0. The van der Waals surface area contributed by atoms with Crippen molar-refractivity contribution < 1.29 is 9.59 Å². The van der Waals surface area contributed by atoms with Crippen molar-refractivity contribution in [3.63, 3.8) is 0 Å². The molecule has 2 fully saturated rings. The Hall–Kier alpha value is -3.94. The number of amides is 2. The van der Waals surface area contributed by atoms with Gasteiger partial charge in [-0.05, 0) is 62.1 Å². The number of nitriles is 1. The Labute approximate surface area is 223 Å². The van der Waals surface area contributed by atoms with Gasteiger partial charge in [0, 0.05) is 37.4 Å². The van der Waals surface area contributed by atoms with Crippen LogP contribution in [0.15, 0.2) is 46.0 Å². The number of fused-ring (bicyclic) bond motifs is 1. The standard InChI is InChI=1S/C27H27ClN6O4/c1-2-33-23-8-7-18(10-19(23)26(37)34(27(33)38)14-15-3-4-15)31-25(36)20-12-30-13-22(20)32-24(35)16-5-6-17(11-29)21(28)9-16/h5-10,15,20,22,30H,2-4,12-14H2,1H3,(H,31,36)(H,32,35)/t20-,22+/m0/s1. The first-order valence-corrected chi connectivity index (χ1v) is 13.0. The van der Waals surface area contributed by atoms with E-state index in [1.807, 2.05) is 13.0 Å². The molecule has 196 valence electrons. The van der Waals surface area contributed by atoms with Crippen molar-refractivity contribution in [3.8, 4) is 6.07 Å². The van der Waals surface area contributed by atoms with Gasteiger partial charge >= 0.3 is 5.69 Å². The van der Waals surface area contributed by atoms with Gasteiger partial charge in [-0.2, -0.15) is 5.26 Å². The monoisotopic (exact) mass is 534 g/mol. The molecule has 0 radical (unpaired) electrons. The molecular weight excluding hydrogens is 508 g/mol. The van der Waals surface area contributed by atoms with Crippen molar-refractivity contribution in [3.05, 3.63) is 73.4 Å². The van der Waals surface area contributed by atoms with Gasteiger partial charge in [0.1, 0.15) is 6.07 Å². The molecule has 1 aliphatic carbocycles. The molecule has 2 aromatic carbocycles. The first-order valence-electron chi connectivity index (χ1n) is 12.6. The van der Waals surface area contributed by atoms with E-state index < -0.39 is 17.9 Å². The van der Waals surface area contributed by atoms with E-state index in [2.05, 4.69) is 16.0 Å². The van der Waals surface area contributed by atoms with Gasteiger partial charge in [0.05, 0.1) is 33.4 Å². The van der Waals surface area contributed by atoms with Gasteiger partial charge in [-0.1, -0.05) is 11.6 Å². The number of halogens is 1. The number of carbonyl (C=O) groups is 2. The normalized spacial score (nSPS) is 18.8. The SMILES string of the molecule is CCn1c(=O)n(CC2CC2)c(=O)c2cc(NC(=O)[C@H]3CNC[C@H]3NC(=O)c3ccc(C#N)c(Cl)c3)ccc21. The van der Waals surface area contributed by atoms with Crippen LogP contribution in [0, 0.1) is 23.2 Å². The molecule has 5 rings (SSSR count). The summed E-state index contributed by atoms with van der Waals surface area (Å²) in [6, 6.07) is 10.9. The van der Waals surface area contributed by atoms with Crippen molar-refractivity contribution in [2.45, 2.75) is 38.9 Å². The fourth-order valence-corrected chi connectivity index (χ4v) is 5.09. The molecular formula is C27H27ClN6O4. The van der Waals surface area contributed by atoms with E-state index in [0.717, 1.165) is 12.8 Å². The van der Waals surface area contributed by atoms with Crippen LogP contribution in [0.5, 0.6) is 0 Å². The summed E-state index contributed by atoms with van der Waals surface area (Å²) in [5.74, 6) is -0.907. The van der Waals surface area contributed by atoms with E-state index in [-0.39, 0.29) is 27.7 Å². The van der Waals surface area contributed by atoms with E-state index in [1.165, 1.54) is 22.8 Å². The molecule has 0 spiro atoms. The average molecular weight is 535 g/mol. The van der Waals surface area contributed by atoms with E-state index in [4.69, 9.17) is 16.9 Å². The van der Waals surface area contributed by atoms with E-state index >= 15 is 0 Å². The Morgan fingerprint density at radius 3 is 2.61 bits per heavy atom. The van der Waals surface area contributed by atoms with Crippen molar-refractivity contribution in [1.82, 2.24) is 19.8 Å². The van der Waals surface area contributed by atoms with E-state index in [1.54, 1.807) is 22.8 Å². The lowest BCUT2D eigenvalue weighted by Gasteiger charge is -2.20. The average Bonchev–Trinajstić information content (AvgIpc) is 3.62. The number of aryl methyl sites for hydroxylation is 1. The van der Waals surface area contributed by atoms with Gasteiger partial charge in [-0.15, -0.1) is 0 Å². The number of rotatable bonds is 7. The fraction of sp³-hybridized carbons (Fsp3) is 0.370. The lowest BCUT2D eigenvalue weighted by atomic mass is 10.0. The lowest BCUT2D eigenvalue weighted by molar-refractivity contribution is -0.119. The number of nitrogens with zero attached hydrogens (tertiary/aromatic N) is 3. The Kier molecular flexibility index (Phi) is 7.06. The molecule has 1 aromatic heterocycles. The Balaban J connectivity index is 1.35. The third kappa shape index (κ3) is 4.95. The molecule has 0 bridgehead atoms. The third-order valence-electron chi connectivity index (χ3n) is 7.17. The minimum Gasteiger partial charge on any atom is -0.347 e. The Morgan fingerprint density at radius 2 is 1.92 bits per heavy atom. The second kappa shape index (κ2) is 10.4. The molecule has 2 amide bonds. The summed E-state index contributed by atoms with van der Waals surface area (Å²) >= 11 is 6.06. The fourth-order valence-electron chi connectivity index (χ4n) is 4.87. The number of benzene rings is 2. The van der Waals surface area contributed by atoms with Crippen LogP contribution in [0.3, 0.4) is 0 Å². The molecule has 0 unspecified atom stereocenters. The highest BCUT2D eigenvalue weighted by Crippen LogP contribution is 2.30. The maximum Gasteiger partial charge on any atom is 0.331 e. The maximum atomic E-state index is 13.2. The largest absolute Gasteiger partial charge is 0.347 e. The van der Waals surface area contributed by atoms with Crippen molar-refractivity contribution >= 4 is 40.0 Å². The molecule has 3 aromatic rings. The quantitative estimate of drug-likeness (QED) is 0.424. The zero-order valence-electron chi connectivity index (χ0n) is 20.8. The van der Waals surface area contributed by atoms with Crippen LogP contribution in [-0.2, 0) is 17.9 Å². The van der Waals surface area contributed by atoms with Gasteiger partial charge in [0.2, 0.25) is 5.91 Å². The molecule has 1 aliphatic heterocycles. The van der Waals surface area contributed by atoms with Crippen LogP contribution in [0.25, 0.3) is 10.9 Å². The van der Waals surface area contributed by atoms with Crippen molar-refractivity contribution in [1.29, 1.82) is 5.26 Å². The lowest BCUT2D eigenvalue weighted by Crippen LogP contribution is -2.44. The summed E-state index contributed by atoms with van der Waals surface area (Å²) in [5.41, 5.74) is 0.864. The number of hydrogen-bond donors (Lipinski definition) is 3. The molecule has 2 heterocycles. The highest BCUT2D eigenvalue weighted by Gasteiger charge is 2.34. The zero-order chi connectivity index (χ0) is 27.0. The minimum absolute atomic E-state index is 0.181. The van der Waals surface area contributed by atoms with E-state index in [0.29, 0.717) is 54.3 Å². The molecule has 2 atom stereocenters. The summed E-state index contributed by atoms with van der Waals surface area (Å²) < 4.78 is 2.88. The summed E-state index contributed by atoms with van der Waals surface area (Å²) in [4.78, 5) is 52.1. The molecule has 2 aliphatic rings. The van der Waals surface area contributed by atoms with Crippen LogP contribution in [-0.4, -0.2) is 40.1 Å². The Bertz CT molecular complexity index is 1600. The van der Waals surface area contributed by atoms with E-state index in [9.17, 15) is 19.2 Å². The van der Waals surface area contributed by atoms with Crippen molar-refractivity contribution in [2.75, 3.05) is 18.4 Å². The molecule has 3 N–H and O–H groups in total. The van der Waals surface area contributed by atoms with Crippen LogP contribution < -0.4 is 27.2 Å². The molecule has 1 saturated heterocycles. The first-order chi connectivity index (χ1) is 18.3. The smallest absolute Gasteiger partial charge is 0.331 e. The second-order valence-electron chi connectivity index (χ2n) is 9.76. The number of hydrogen-bond acceptors (Lipinski definition) is 6. The molecule has 1 saturated carbocycles. The highest BCUT2D eigenvalue weighted by atomic mass is 35.5. The van der Waals surface area contributed by atoms with Gasteiger partial charge in [-0.25, -0.2) is 4.79 Å². The molecule has 10 nitrogen and oxygen atoms in total. The molecule has 38 heavy (non-hydrogen) atoms. The third-order valence-corrected chi connectivity index (χ3v) is 7.48. The summed E-state index contributed by atoms with van der Waals surface area (Å²) in [6.07, 6.45) is 2.02. The topological polar surface area (TPSA) is 138 Å². The first kappa shape index (κ1) is 25.7. The number of carbonyl (C=O) groups excluding carboxylic acids is 2. The van der Waals surface area contributed by atoms with Crippen LogP contribution in [0.2, 0.25) is 5.02 Å². The predicted octanol–water partition coefficient (Wildman–Crippen LogP) is 2.07. The summed E-state index contributed by atoms with van der Waals surface area (Å²) in [5, 5.41) is 18.5. The van der Waals surface area contributed by atoms with Crippen molar-refractivity contribution in [2.24, 2.45) is 11.8 Å². The van der Waals surface area contributed by atoms with Gasteiger partial charge in [-0.3, -0.25) is 23.5 Å². The number of anilines is 1. The van der Waals surface area contributed by atoms with Gasteiger partial charge in [0.15, 0.2) is 0 Å². The maximum absolute atomic E-state index is 13.2. The van der Waals surface area contributed by atoms with Gasteiger partial charge in [0.25, 0.3) is 11.5 Å². The summed E-state index contributed by atoms with van der Waals surface area (Å²) in [6.45, 7) is 3.45. The number of aromatic nitrogens is 2. The minimum atomic E-state index is -0.556. The number of nitrogens with one attached hydrogen (secondary N) is 3. The van der Waals surface area contributed by atoms with Crippen LogP contribution >= 0.6 is 11.6 Å². The Morgan fingerprint density at radius 1 is 1.13 bits per heavy atom.